The summed E-state index contributed by atoms with van der Waals surface area (Å²) in [6.45, 7) is 3.25. The highest BCUT2D eigenvalue weighted by atomic mass is 16.3. The average molecular weight is 291 g/mol. The third-order valence-electron chi connectivity index (χ3n) is 4.09. The van der Waals surface area contributed by atoms with Gasteiger partial charge in [0.2, 0.25) is 5.91 Å². The van der Waals surface area contributed by atoms with Crippen molar-refractivity contribution in [1.29, 1.82) is 0 Å². The summed E-state index contributed by atoms with van der Waals surface area (Å²) in [5.74, 6) is -0.0518. The summed E-state index contributed by atoms with van der Waals surface area (Å²) < 4.78 is 0. The van der Waals surface area contributed by atoms with E-state index in [1.54, 1.807) is 6.07 Å². The minimum Gasteiger partial charge on any atom is -0.399 e. The first-order chi connectivity index (χ1) is 10.1. The van der Waals surface area contributed by atoms with Gasteiger partial charge in [-0.3, -0.25) is 9.69 Å². The first kappa shape index (κ1) is 15.8. The molecular weight excluding hydrogens is 266 g/mol. The fourth-order valence-electron chi connectivity index (χ4n) is 2.80. The highest BCUT2D eigenvalue weighted by Gasteiger charge is 2.22. The molecule has 1 amide bonds. The molecule has 5 nitrogen and oxygen atoms in total. The van der Waals surface area contributed by atoms with Crippen LogP contribution in [0, 0.1) is 6.92 Å². The lowest BCUT2D eigenvalue weighted by atomic mass is 10.1. The highest BCUT2D eigenvalue weighted by molar-refractivity contribution is 5.93. The number of aryl methyl sites for hydroxylation is 1. The number of benzene rings is 1. The molecule has 0 radical (unpaired) electrons. The number of aliphatic hydroxyl groups excluding tert-OH is 1. The zero-order valence-corrected chi connectivity index (χ0v) is 12.6. The van der Waals surface area contributed by atoms with Gasteiger partial charge in [-0.2, -0.15) is 0 Å². The molecule has 0 aromatic heterocycles. The molecule has 1 heterocycles. The maximum Gasteiger partial charge on any atom is 0.238 e. The van der Waals surface area contributed by atoms with Crippen molar-refractivity contribution in [2.75, 3.05) is 30.7 Å². The minimum atomic E-state index is -0.0518. The zero-order chi connectivity index (χ0) is 15.2. The summed E-state index contributed by atoms with van der Waals surface area (Å²) in [5, 5.41) is 12.4. The molecule has 0 spiro atoms. The Labute approximate surface area is 126 Å². The van der Waals surface area contributed by atoms with Gasteiger partial charge in [-0.15, -0.1) is 0 Å². The number of hydrogen-bond acceptors (Lipinski definition) is 4. The van der Waals surface area contributed by atoms with Crippen LogP contribution in [0.5, 0.6) is 0 Å². The molecule has 1 unspecified atom stereocenters. The molecule has 4 N–H and O–H groups in total. The number of hydrogen-bond donors (Lipinski definition) is 3. The fraction of sp³-hybridized carbons (Fsp3) is 0.562. The first-order valence-corrected chi connectivity index (χ1v) is 7.61. The van der Waals surface area contributed by atoms with Crippen molar-refractivity contribution in [2.45, 2.75) is 38.6 Å². The molecule has 21 heavy (non-hydrogen) atoms. The van der Waals surface area contributed by atoms with Crippen LogP contribution in [0.1, 0.15) is 31.2 Å². The molecule has 1 aliphatic heterocycles. The lowest BCUT2D eigenvalue weighted by molar-refractivity contribution is -0.118. The van der Waals surface area contributed by atoms with Crippen molar-refractivity contribution in [3.63, 3.8) is 0 Å². The summed E-state index contributed by atoms with van der Waals surface area (Å²) in [6.07, 6.45) is 4.34. The van der Waals surface area contributed by atoms with Gasteiger partial charge in [0.05, 0.1) is 13.2 Å². The van der Waals surface area contributed by atoms with Crippen LogP contribution in [-0.4, -0.2) is 41.7 Å². The van der Waals surface area contributed by atoms with Crippen LogP contribution >= 0.6 is 0 Å². The van der Waals surface area contributed by atoms with E-state index in [0.717, 1.165) is 37.1 Å². The number of rotatable bonds is 4. The van der Waals surface area contributed by atoms with Crippen molar-refractivity contribution in [2.24, 2.45) is 0 Å². The predicted octanol–water partition coefficient (Wildman–Crippen LogP) is 1.75. The number of carbonyl (C=O) groups excluding carboxylic acids is 1. The van der Waals surface area contributed by atoms with Crippen molar-refractivity contribution in [1.82, 2.24) is 4.90 Å². The number of nitrogens with one attached hydrogen (secondary N) is 1. The molecule has 1 aromatic carbocycles. The van der Waals surface area contributed by atoms with E-state index in [9.17, 15) is 9.90 Å². The number of amides is 1. The molecule has 0 saturated carbocycles. The largest absolute Gasteiger partial charge is 0.399 e. The van der Waals surface area contributed by atoms with E-state index < -0.39 is 0 Å². The summed E-state index contributed by atoms with van der Waals surface area (Å²) in [5.41, 5.74) is 8.15. The Balaban J connectivity index is 1.98. The molecule has 0 bridgehead atoms. The van der Waals surface area contributed by atoms with Gasteiger partial charge in [-0.05, 0) is 44.0 Å². The second-order valence-corrected chi connectivity index (χ2v) is 5.78. The van der Waals surface area contributed by atoms with E-state index in [1.807, 2.05) is 19.1 Å². The van der Waals surface area contributed by atoms with Gasteiger partial charge in [-0.1, -0.05) is 18.9 Å². The van der Waals surface area contributed by atoms with E-state index in [4.69, 9.17) is 5.73 Å². The van der Waals surface area contributed by atoms with E-state index in [0.29, 0.717) is 12.2 Å². The quantitative estimate of drug-likeness (QED) is 0.739. The topological polar surface area (TPSA) is 78.6 Å². The number of nitrogens with zero attached hydrogens (tertiary/aromatic N) is 1. The molecule has 1 atom stereocenters. The summed E-state index contributed by atoms with van der Waals surface area (Å²) in [4.78, 5) is 14.3. The van der Waals surface area contributed by atoms with E-state index in [-0.39, 0.29) is 18.6 Å². The predicted molar refractivity (Wildman–Crippen MR) is 85.1 cm³/mol. The SMILES string of the molecule is Cc1ccc(N)cc1NC(=O)CN1CCCCCC1CO. The van der Waals surface area contributed by atoms with E-state index in [1.165, 1.54) is 6.42 Å². The van der Waals surface area contributed by atoms with Gasteiger partial charge in [0.25, 0.3) is 0 Å². The Kier molecular flexibility index (Phi) is 5.59. The van der Waals surface area contributed by atoms with Crippen LogP contribution < -0.4 is 11.1 Å². The Hall–Kier alpha value is -1.59. The van der Waals surface area contributed by atoms with Gasteiger partial charge in [0, 0.05) is 17.4 Å². The number of nitrogens with two attached hydrogens (primary N) is 1. The number of nitrogen functional groups attached to an aromatic ring is 1. The van der Waals surface area contributed by atoms with Gasteiger partial charge < -0.3 is 16.2 Å². The Morgan fingerprint density at radius 2 is 2.24 bits per heavy atom. The molecule has 5 heteroatoms. The van der Waals surface area contributed by atoms with Crippen molar-refractivity contribution < 1.29 is 9.90 Å². The molecule has 116 valence electrons. The number of anilines is 2. The normalized spacial score (nSPS) is 20.0. The minimum absolute atomic E-state index is 0.0518. The average Bonchev–Trinajstić information content (AvgIpc) is 2.68. The first-order valence-electron chi connectivity index (χ1n) is 7.61. The Bertz CT molecular complexity index is 490. The van der Waals surface area contributed by atoms with Crippen LogP contribution in [0.15, 0.2) is 18.2 Å². The highest BCUT2D eigenvalue weighted by Crippen LogP contribution is 2.19. The standard InChI is InChI=1S/C16H25N3O2/c1-12-6-7-13(17)9-15(12)18-16(21)10-19-8-4-2-3-5-14(19)11-20/h6-7,9,14,20H,2-5,8,10-11,17H2,1H3,(H,18,21). The molecule has 1 aromatic rings. The van der Waals surface area contributed by atoms with Crippen LogP contribution in [0.2, 0.25) is 0 Å². The lowest BCUT2D eigenvalue weighted by Gasteiger charge is -2.27. The zero-order valence-electron chi connectivity index (χ0n) is 12.6. The summed E-state index contributed by atoms with van der Waals surface area (Å²) in [7, 11) is 0. The van der Waals surface area contributed by atoms with Crippen molar-refractivity contribution >= 4 is 17.3 Å². The van der Waals surface area contributed by atoms with Crippen molar-refractivity contribution in [3.8, 4) is 0 Å². The van der Waals surface area contributed by atoms with Crippen LogP contribution in [0.25, 0.3) is 0 Å². The third-order valence-corrected chi connectivity index (χ3v) is 4.09. The van der Waals surface area contributed by atoms with Crippen LogP contribution in [-0.2, 0) is 4.79 Å². The molecule has 1 saturated heterocycles. The number of carbonyl (C=O) groups is 1. The smallest absolute Gasteiger partial charge is 0.238 e. The Morgan fingerprint density at radius 3 is 3.00 bits per heavy atom. The molecule has 0 aliphatic carbocycles. The molecule has 2 rings (SSSR count). The summed E-state index contributed by atoms with van der Waals surface area (Å²) in [6, 6.07) is 5.59. The van der Waals surface area contributed by atoms with E-state index in [2.05, 4.69) is 10.2 Å². The number of likely N-dealkylation sites (tertiary alicyclic amines) is 1. The Morgan fingerprint density at radius 1 is 1.43 bits per heavy atom. The molecule has 1 fully saturated rings. The summed E-state index contributed by atoms with van der Waals surface area (Å²) >= 11 is 0. The van der Waals surface area contributed by atoms with Gasteiger partial charge >= 0.3 is 0 Å². The van der Waals surface area contributed by atoms with Crippen molar-refractivity contribution in [3.05, 3.63) is 23.8 Å². The maximum absolute atomic E-state index is 12.2. The van der Waals surface area contributed by atoms with Gasteiger partial charge in [0.15, 0.2) is 0 Å². The number of aliphatic hydroxyl groups is 1. The second kappa shape index (κ2) is 7.43. The van der Waals surface area contributed by atoms with Crippen LogP contribution in [0.3, 0.4) is 0 Å². The monoisotopic (exact) mass is 291 g/mol. The van der Waals surface area contributed by atoms with Crippen LogP contribution in [0.4, 0.5) is 11.4 Å². The molecule has 1 aliphatic rings. The van der Waals surface area contributed by atoms with Gasteiger partial charge in [-0.25, -0.2) is 0 Å². The lowest BCUT2D eigenvalue weighted by Crippen LogP contribution is -2.42. The second-order valence-electron chi connectivity index (χ2n) is 5.78. The maximum atomic E-state index is 12.2. The third kappa shape index (κ3) is 4.44. The molecular formula is C16H25N3O2. The fourth-order valence-corrected chi connectivity index (χ4v) is 2.80. The van der Waals surface area contributed by atoms with E-state index >= 15 is 0 Å². The van der Waals surface area contributed by atoms with Gasteiger partial charge in [0.1, 0.15) is 0 Å².